The first-order valence-electron chi connectivity index (χ1n) is 7.12. The third-order valence-electron chi connectivity index (χ3n) is 3.23. The SMILES string of the molecule is CCCNC(CCCS(C)(=O)=O)c1cc(OC)ccc1Br. The van der Waals surface area contributed by atoms with Gasteiger partial charge in [-0.2, -0.15) is 0 Å². The van der Waals surface area contributed by atoms with E-state index in [1.54, 1.807) is 7.11 Å². The summed E-state index contributed by atoms with van der Waals surface area (Å²) in [5.41, 5.74) is 1.11. The van der Waals surface area contributed by atoms with E-state index in [-0.39, 0.29) is 11.8 Å². The molecule has 6 heteroatoms. The standard InChI is InChI=1S/C15H24BrNO3S/c1-4-9-17-15(6-5-10-21(3,18)19)13-11-12(20-2)7-8-14(13)16/h7-8,11,15,17H,4-6,9-10H2,1-3H3. The Balaban J connectivity index is 2.85. The van der Waals surface area contributed by atoms with Gasteiger partial charge in [-0.3, -0.25) is 0 Å². The van der Waals surface area contributed by atoms with Crippen molar-refractivity contribution in [2.24, 2.45) is 0 Å². The molecule has 21 heavy (non-hydrogen) atoms. The van der Waals surface area contributed by atoms with Gasteiger partial charge in [-0.05, 0) is 49.6 Å². The minimum absolute atomic E-state index is 0.121. The molecule has 1 N–H and O–H groups in total. The summed E-state index contributed by atoms with van der Waals surface area (Å²) in [4.78, 5) is 0. The van der Waals surface area contributed by atoms with Crippen molar-refractivity contribution in [3.05, 3.63) is 28.2 Å². The van der Waals surface area contributed by atoms with Crippen LogP contribution in [0.4, 0.5) is 0 Å². The van der Waals surface area contributed by atoms with Gasteiger partial charge in [0.2, 0.25) is 0 Å². The summed E-state index contributed by atoms with van der Waals surface area (Å²) in [5, 5.41) is 3.48. The normalized spacial score (nSPS) is 13.1. The van der Waals surface area contributed by atoms with Crippen molar-refractivity contribution in [2.45, 2.75) is 32.2 Å². The van der Waals surface area contributed by atoms with Gasteiger partial charge in [-0.25, -0.2) is 8.42 Å². The Kier molecular flexibility index (Phi) is 7.70. The molecule has 0 fully saturated rings. The highest BCUT2D eigenvalue weighted by Crippen LogP contribution is 2.30. The fraction of sp³-hybridized carbons (Fsp3) is 0.600. The zero-order valence-corrected chi connectivity index (χ0v) is 15.3. The van der Waals surface area contributed by atoms with Crippen LogP contribution in [0.15, 0.2) is 22.7 Å². The molecule has 0 heterocycles. The van der Waals surface area contributed by atoms with E-state index in [1.807, 2.05) is 18.2 Å². The molecule has 4 nitrogen and oxygen atoms in total. The van der Waals surface area contributed by atoms with Gasteiger partial charge in [0.1, 0.15) is 15.6 Å². The number of rotatable bonds is 9. The summed E-state index contributed by atoms with van der Waals surface area (Å²) in [5.74, 6) is 1.03. The second kappa shape index (κ2) is 8.76. The Morgan fingerprint density at radius 3 is 2.67 bits per heavy atom. The summed E-state index contributed by atoms with van der Waals surface area (Å²) in [7, 11) is -1.27. The Morgan fingerprint density at radius 2 is 2.10 bits per heavy atom. The molecule has 0 aliphatic heterocycles. The van der Waals surface area contributed by atoms with E-state index in [0.717, 1.165) is 35.2 Å². The van der Waals surface area contributed by atoms with E-state index in [2.05, 4.69) is 28.2 Å². The lowest BCUT2D eigenvalue weighted by Crippen LogP contribution is -2.23. The van der Waals surface area contributed by atoms with Gasteiger partial charge in [0.05, 0.1) is 7.11 Å². The van der Waals surface area contributed by atoms with E-state index < -0.39 is 9.84 Å². The maximum absolute atomic E-state index is 11.3. The van der Waals surface area contributed by atoms with Crippen LogP contribution in [0, 0.1) is 0 Å². The van der Waals surface area contributed by atoms with Crippen LogP contribution in [-0.2, 0) is 9.84 Å². The van der Waals surface area contributed by atoms with Crippen molar-refractivity contribution in [3.8, 4) is 5.75 Å². The van der Waals surface area contributed by atoms with Crippen molar-refractivity contribution in [3.63, 3.8) is 0 Å². The van der Waals surface area contributed by atoms with Gasteiger partial charge in [-0.1, -0.05) is 22.9 Å². The molecule has 120 valence electrons. The van der Waals surface area contributed by atoms with Crippen LogP contribution in [-0.4, -0.2) is 34.1 Å². The fourth-order valence-corrected chi connectivity index (χ4v) is 3.37. The molecule has 0 bridgehead atoms. The molecule has 1 aromatic carbocycles. The van der Waals surface area contributed by atoms with Crippen LogP contribution in [0.25, 0.3) is 0 Å². The van der Waals surface area contributed by atoms with Gasteiger partial charge in [0.15, 0.2) is 0 Å². The van der Waals surface area contributed by atoms with E-state index in [4.69, 9.17) is 4.74 Å². The molecule has 0 aliphatic carbocycles. The average Bonchev–Trinajstić information content (AvgIpc) is 2.42. The summed E-state index contributed by atoms with van der Waals surface area (Å²) in [6.45, 7) is 3.01. The van der Waals surface area contributed by atoms with Crippen LogP contribution >= 0.6 is 15.9 Å². The lowest BCUT2D eigenvalue weighted by atomic mass is 10.0. The molecule has 0 spiro atoms. The number of nitrogens with one attached hydrogen (secondary N) is 1. The number of hydrogen-bond donors (Lipinski definition) is 1. The van der Waals surface area contributed by atoms with Crippen LogP contribution in [0.5, 0.6) is 5.75 Å². The summed E-state index contributed by atoms with van der Waals surface area (Å²) >= 11 is 3.57. The second-order valence-corrected chi connectivity index (χ2v) is 8.28. The van der Waals surface area contributed by atoms with E-state index in [9.17, 15) is 8.42 Å². The Morgan fingerprint density at radius 1 is 1.38 bits per heavy atom. The van der Waals surface area contributed by atoms with Crippen molar-refractivity contribution in [1.82, 2.24) is 5.32 Å². The topological polar surface area (TPSA) is 55.4 Å². The summed E-state index contributed by atoms with van der Waals surface area (Å²) in [6.07, 6.45) is 3.73. The number of benzene rings is 1. The second-order valence-electron chi connectivity index (χ2n) is 5.17. The van der Waals surface area contributed by atoms with Crippen molar-refractivity contribution in [2.75, 3.05) is 25.7 Å². The smallest absolute Gasteiger partial charge is 0.147 e. The third kappa shape index (κ3) is 6.80. The predicted octanol–water partition coefficient (Wildman–Crippen LogP) is 3.32. The van der Waals surface area contributed by atoms with Gasteiger partial charge in [0.25, 0.3) is 0 Å². The number of ether oxygens (including phenoxy) is 1. The first-order chi connectivity index (χ1) is 9.87. The van der Waals surface area contributed by atoms with Crippen molar-refractivity contribution in [1.29, 1.82) is 0 Å². The summed E-state index contributed by atoms with van der Waals surface area (Å²) in [6, 6.07) is 5.99. The van der Waals surface area contributed by atoms with E-state index in [0.29, 0.717) is 6.42 Å². The molecule has 0 aromatic heterocycles. The average molecular weight is 378 g/mol. The van der Waals surface area contributed by atoms with Gasteiger partial charge in [-0.15, -0.1) is 0 Å². The molecule has 1 atom stereocenters. The van der Waals surface area contributed by atoms with Crippen molar-refractivity contribution < 1.29 is 13.2 Å². The van der Waals surface area contributed by atoms with Crippen LogP contribution in [0.1, 0.15) is 37.8 Å². The molecular formula is C15H24BrNO3S. The first kappa shape index (κ1) is 18.5. The fourth-order valence-electron chi connectivity index (χ4n) is 2.15. The molecule has 1 aromatic rings. The monoisotopic (exact) mass is 377 g/mol. The highest BCUT2D eigenvalue weighted by Gasteiger charge is 2.16. The molecule has 0 amide bonds. The molecular weight excluding hydrogens is 354 g/mol. The summed E-state index contributed by atoms with van der Waals surface area (Å²) < 4.78 is 28.9. The number of methoxy groups -OCH3 is 1. The van der Waals surface area contributed by atoms with E-state index in [1.165, 1.54) is 6.26 Å². The number of sulfone groups is 1. The molecule has 0 saturated heterocycles. The molecule has 0 saturated carbocycles. The van der Waals surface area contributed by atoms with Crippen LogP contribution in [0.2, 0.25) is 0 Å². The molecule has 0 radical (unpaired) electrons. The third-order valence-corrected chi connectivity index (χ3v) is 4.98. The number of hydrogen-bond acceptors (Lipinski definition) is 4. The van der Waals surface area contributed by atoms with Gasteiger partial charge in [0, 0.05) is 22.5 Å². The lowest BCUT2D eigenvalue weighted by Gasteiger charge is -2.21. The predicted molar refractivity (Wildman–Crippen MR) is 90.7 cm³/mol. The zero-order chi connectivity index (χ0) is 15.9. The lowest BCUT2D eigenvalue weighted by molar-refractivity contribution is 0.411. The first-order valence-corrected chi connectivity index (χ1v) is 9.97. The Bertz CT molecular complexity index is 546. The van der Waals surface area contributed by atoms with Crippen molar-refractivity contribution >= 4 is 25.8 Å². The molecule has 1 unspecified atom stereocenters. The van der Waals surface area contributed by atoms with Crippen LogP contribution in [0.3, 0.4) is 0 Å². The zero-order valence-electron chi connectivity index (χ0n) is 12.9. The highest BCUT2D eigenvalue weighted by molar-refractivity contribution is 9.10. The maximum Gasteiger partial charge on any atom is 0.147 e. The quantitative estimate of drug-likeness (QED) is 0.716. The van der Waals surface area contributed by atoms with Gasteiger partial charge < -0.3 is 10.1 Å². The van der Waals surface area contributed by atoms with E-state index >= 15 is 0 Å². The highest BCUT2D eigenvalue weighted by atomic mass is 79.9. The Labute approximate surface area is 136 Å². The van der Waals surface area contributed by atoms with Gasteiger partial charge >= 0.3 is 0 Å². The minimum atomic E-state index is -2.91. The van der Waals surface area contributed by atoms with Crippen LogP contribution < -0.4 is 10.1 Å². The largest absolute Gasteiger partial charge is 0.497 e. The number of halogens is 1. The minimum Gasteiger partial charge on any atom is -0.497 e. The Hall–Kier alpha value is -0.590. The molecule has 0 aliphatic rings. The maximum atomic E-state index is 11.3. The molecule has 1 rings (SSSR count).